The molecule has 310 valence electrons. The Bertz CT molecular complexity index is 3290. The Morgan fingerprint density at radius 1 is 0.391 bits per heavy atom. The molecule has 0 spiro atoms. The maximum atomic E-state index is 5.89. The van der Waals surface area contributed by atoms with Crippen molar-refractivity contribution in [3.63, 3.8) is 0 Å². The molecule has 2 aliphatic heterocycles. The van der Waals surface area contributed by atoms with Crippen molar-refractivity contribution in [2.75, 3.05) is 13.2 Å². The molecule has 8 heteroatoms. The predicted octanol–water partition coefficient (Wildman–Crippen LogP) is 12.8. The lowest BCUT2D eigenvalue weighted by Gasteiger charge is -2.09. The molecule has 8 nitrogen and oxygen atoms in total. The first kappa shape index (κ1) is 37.9. The second-order valence-electron chi connectivity index (χ2n) is 18.2. The molecule has 0 saturated heterocycles. The normalized spacial score (nSPS) is 15.4. The largest absolute Gasteiger partial charge is 0.474 e. The van der Waals surface area contributed by atoms with Gasteiger partial charge in [0.2, 0.25) is 11.8 Å². The summed E-state index contributed by atoms with van der Waals surface area (Å²) in [5.41, 5.74) is 14.4. The number of ether oxygens (including phenoxy) is 2. The van der Waals surface area contributed by atoms with Crippen LogP contribution in [0.15, 0.2) is 180 Å². The highest BCUT2D eigenvalue weighted by atomic mass is 16.5. The lowest BCUT2D eigenvalue weighted by molar-refractivity contribution is 0.279. The highest BCUT2D eigenvalue weighted by molar-refractivity contribution is 6.14. The van der Waals surface area contributed by atoms with Gasteiger partial charge in [0.25, 0.3) is 0 Å². The number of hydrogen-bond donors (Lipinski definition) is 0. The van der Waals surface area contributed by atoms with Gasteiger partial charge in [0, 0.05) is 56.4 Å². The van der Waals surface area contributed by atoms with Gasteiger partial charge in [-0.3, -0.25) is 9.97 Å². The van der Waals surface area contributed by atoms with Crippen LogP contribution in [0.2, 0.25) is 0 Å². The Morgan fingerprint density at radius 2 is 0.719 bits per heavy atom. The minimum atomic E-state index is -0.242. The third-order valence-corrected chi connectivity index (χ3v) is 12.5. The molecule has 0 unspecified atom stereocenters. The molecule has 0 amide bonds. The quantitative estimate of drug-likeness (QED) is 0.160. The van der Waals surface area contributed by atoms with Crippen molar-refractivity contribution in [1.29, 1.82) is 0 Å². The van der Waals surface area contributed by atoms with E-state index >= 15 is 0 Å². The van der Waals surface area contributed by atoms with Gasteiger partial charge in [0.1, 0.15) is 24.6 Å². The maximum Gasteiger partial charge on any atom is 0.236 e. The van der Waals surface area contributed by atoms with E-state index in [1.165, 1.54) is 21.5 Å². The van der Waals surface area contributed by atoms with Gasteiger partial charge in [-0.15, -0.1) is 0 Å². The first-order valence-electron chi connectivity index (χ1n) is 21.8. The summed E-state index contributed by atoms with van der Waals surface area (Å²) in [6, 6.07) is 56.7. The van der Waals surface area contributed by atoms with Gasteiger partial charge in [0.05, 0.1) is 33.1 Å². The van der Waals surface area contributed by atoms with E-state index in [0.717, 1.165) is 78.2 Å². The SMILES string of the molecule is CC1(C)COC(c2ccc(-c3ccc4c(c3)c3cc(-c5ccc6c(c5)c5cc(-c7ccc(C8=NC(C)(C)CO8)nc7)ccc5n6-c5ccccc5)ccc3n4-c3ccccc3)cn2)=N1. The smallest absolute Gasteiger partial charge is 0.236 e. The van der Waals surface area contributed by atoms with Crippen LogP contribution in [0.5, 0.6) is 0 Å². The minimum absolute atomic E-state index is 0.242. The molecule has 0 fully saturated rings. The number of aliphatic imine (C=N–C) groups is 2. The van der Waals surface area contributed by atoms with Gasteiger partial charge < -0.3 is 18.6 Å². The van der Waals surface area contributed by atoms with Crippen molar-refractivity contribution in [2.45, 2.75) is 38.8 Å². The van der Waals surface area contributed by atoms with E-state index in [9.17, 15) is 0 Å². The van der Waals surface area contributed by atoms with Crippen LogP contribution >= 0.6 is 0 Å². The van der Waals surface area contributed by atoms with E-state index in [1.54, 1.807) is 0 Å². The molecule has 2 aliphatic rings. The average molecular weight is 833 g/mol. The van der Waals surface area contributed by atoms with E-state index < -0.39 is 0 Å². The van der Waals surface area contributed by atoms with E-state index in [4.69, 9.17) is 29.4 Å². The summed E-state index contributed by atoms with van der Waals surface area (Å²) in [5.74, 6) is 1.21. The molecule has 6 heterocycles. The average Bonchev–Trinajstić information content (AvgIpc) is 4.08. The standard InChI is InChI=1S/C56H44N6O2/c1-55(2)33-63-53(59-55)47-21-15-39(31-57-47)37-19-25-51-45(29-37)43-27-35(17-23-49(43)61(51)41-11-7-5-8-12-41)36-18-24-50-44(28-36)46-30-38(20-26-52(46)62(50)42-13-9-6-10-14-42)40-16-22-48(58-32-40)54-60-56(3,4)34-64-54/h5-32H,33-34H2,1-4H3. The molecular formula is C56H44N6O2. The zero-order chi connectivity index (χ0) is 43.2. The maximum absolute atomic E-state index is 5.89. The number of aromatic nitrogens is 4. The zero-order valence-corrected chi connectivity index (χ0v) is 36.1. The Balaban J connectivity index is 0.987. The fraction of sp³-hybridized carbons (Fsp3) is 0.143. The topological polar surface area (TPSA) is 78.8 Å². The highest BCUT2D eigenvalue weighted by Crippen LogP contribution is 2.40. The number of pyridine rings is 2. The Hall–Kier alpha value is -7.84. The molecule has 0 saturated carbocycles. The van der Waals surface area contributed by atoms with Crippen LogP contribution in [-0.4, -0.2) is 55.2 Å². The molecule has 0 radical (unpaired) electrons. The molecule has 6 aromatic carbocycles. The van der Waals surface area contributed by atoms with Crippen molar-refractivity contribution >= 4 is 55.4 Å². The van der Waals surface area contributed by atoms with Crippen molar-refractivity contribution in [2.24, 2.45) is 9.98 Å². The van der Waals surface area contributed by atoms with Crippen LogP contribution < -0.4 is 0 Å². The second-order valence-corrected chi connectivity index (χ2v) is 18.2. The number of rotatable bonds is 7. The van der Waals surface area contributed by atoms with Gasteiger partial charge >= 0.3 is 0 Å². The van der Waals surface area contributed by atoms with E-state index in [1.807, 2.05) is 24.5 Å². The summed E-state index contributed by atoms with van der Waals surface area (Å²) < 4.78 is 16.5. The van der Waals surface area contributed by atoms with Crippen LogP contribution in [0.4, 0.5) is 0 Å². The van der Waals surface area contributed by atoms with Crippen molar-refractivity contribution in [3.8, 4) is 44.8 Å². The van der Waals surface area contributed by atoms with Crippen molar-refractivity contribution in [3.05, 3.63) is 182 Å². The van der Waals surface area contributed by atoms with Crippen molar-refractivity contribution < 1.29 is 9.47 Å². The van der Waals surface area contributed by atoms with Gasteiger partial charge in [-0.2, -0.15) is 0 Å². The summed E-state index contributed by atoms with van der Waals surface area (Å²) in [5, 5.41) is 4.71. The molecule has 0 aliphatic carbocycles. The van der Waals surface area contributed by atoms with Crippen molar-refractivity contribution in [1.82, 2.24) is 19.1 Å². The second kappa shape index (κ2) is 14.4. The van der Waals surface area contributed by atoms with Crippen LogP contribution in [0, 0.1) is 0 Å². The number of nitrogens with zero attached hydrogens (tertiary/aromatic N) is 6. The van der Waals surface area contributed by atoms with E-state index in [2.05, 4.69) is 182 Å². The number of benzene rings is 6. The van der Waals surface area contributed by atoms with Crippen LogP contribution in [-0.2, 0) is 9.47 Å². The first-order chi connectivity index (χ1) is 31.1. The lowest BCUT2D eigenvalue weighted by atomic mass is 9.99. The molecule has 12 rings (SSSR count). The number of hydrogen-bond acceptors (Lipinski definition) is 6. The van der Waals surface area contributed by atoms with Crippen LogP contribution in [0.25, 0.3) is 88.4 Å². The fourth-order valence-electron chi connectivity index (χ4n) is 9.29. The highest BCUT2D eigenvalue weighted by Gasteiger charge is 2.29. The monoisotopic (exact) mass is 832 g/mol. The number of fused-ring (bicyclic) bond motifs is 6. The van der Waals surface area contributed by atoms with Gasteiger partial charge in [-0.05, 0) is 135 Å². The predicted molar refractivity (Wildman–Crippen MR) is 260 cm³/mol. The Morgan fingerprint density at radius 3 is 1.02 bits per heavy atom. The molecule has 10 aromatic rings. The first-order valence-corrected chi connectivity index (χ1v) is 21.8. The van der Waals surface area contributed by atoms with Crippen LogP contribution in [0.1, 0.15) is 39.1 Å². The molecule has 0 atom stereocenters. The molecule has 0 bridgehead atoms. The molecule has 4 aromatic heterocycles. The van der Waals surface area contributed by atoms with E-state index in [-0.39, 0.29) is 11.1 Å². The molecule has 0 N–H and O–H groups in total. The summed E-state index contributed by atoms with van der Waals surface area (Å²) >= 11 is 0. The molecule has 64 heavy (non-hydrogen) atoms. The van der Waals surface area contributed by atoms with Gasteiger partial charge in [-0.25, -0.2) is 9.98 Å². The summed E-state index contributed by atoms with van der Waals surface area (Å²) in [6.07, 6.45) is 3.85. The summed E-state index contributed by atoms with van der Waals surface area (Å²) in [4.78, 5) is 19.0. The fourth-order valence-corrected chi connectivity index (χ4v) is 9.29. The minimum Gasteiger partial charge on any atom is -0.474 e. The summed E-state index contributed by atoms with van der Waals surface area (Å²) in [7, 11) is 0. The Labute approximate surface area is 370 Å². The Kier molecular flexibility index (Phi) is 8.50. The molecular weight excluding hydrogens is 789 g/mol. The number of para-hydroxylation sites is 2. The third-order valence-electron chi connectivity index (χ3n) is 12.5. The van der Waals surface area contributed by atoms with Crippen LogP contribution in [0.3, 0.4) is 0 Å². The zero-order valence-electron chi connectivity index (χ0n) is 36.1. The third kappa shape index (κ3) is 6.44. The van der Waals surface area contributed by atoms with E-state index in [0.29, 0.717) is 25.0 Å². The summed E-state index contributed by atoms with van der Waals surface area (Å²) in [6.45, 7) is 9.40. The van der Waals surface area contributed by atoms with Gasteiger partial charge in [-0.1, -0.05) is 72.8 Å². The van der Waals surface area contributed by atoms with Gasteiger partial charge in [0.15, 0.2) is 0 Å². The lowest BCUT2D eigenvalue weighted by Crippen LogP contribution is -2.17.